The molecule has 0 spiro atoms. The number of benzene rings is 1. The van der Waals surface area contributed by atoms with Crippen LogP contribution in [0.4, 0.5) is 0 Å². The van der Waals surface area contributed by atoms with E-state index >= 15 is 0 Å². The largest absolute Gasteiger partial charge is 0.480 e. The first-order chi connectivity index (χ1) is 11.3. The molecule has 1 N–H and O–H groups in total. The monoisotopic (exact) mass is 347 g/mol. The molecule has 0 amide bonds. The van der Waals surface area contributed by atoms with E-state index in [1.807, 2.05) is 11.4 Å². The molecule has 1 aromatic heterocycles. The second-order valence-electron chi connectivity index (χ2n) is 4.56. The average Bonchev–Trinajstić information content (AvgIpc) is 3.02. The number of rotatable bonds is 3. The lowest BCUT2D eigenvalue weighted by Gasteiger charge is -2.32. The Morgan fingerprint density at radius 2 is 2.24 bits per heavy atom. The zero-order valence-corrected chi connectivity index (χ0v) is 13.2. The number of carboxylic acid groups (broad SMARTS) is 1. The molecule has 1 unspecified atom stereocenters. The predicted molar refractivity (Wildman–Crippen MR) is 87.5 cm³/mol. The van der Waals surface area contributed by atoms with Crippen molar-refractivity contribution in [1.29, 1.82) is 0 Å². The van der Waals surface area contributed by atoms with Gasteiger partial charge in [0.05, 0.1) is 5.48 Å². The van der Waals surface area contributed by atoms with Crippen molar-refractivity contribution < 1.29 is 15.4 Å². The third-order valence-electron chi connectivity index (χ3n) is 3.38. The molecule has 2 heterocycles. The van der Waals surface area contributed by atoms with E-state index in [4.69, 9.17) is 17.1 Å². The Labute approximate surface area is 144 Å². The molecule has 0 fully saturated rings. The van der Waals surface area contributed by atoms with Crippen LogP contribution in [0.3, 0.4) is 0 Å². The summed E-state index contributed by atoms with van der Waals surface area (Å²) in [5, 5.41) is 11.5. The first-order valence-electron chi connectivity index (χ1n) is 8.10. The lowest BCUT2D eigenvalue weighted by atomic mass is 10.0. The number of hydrogen-bond donors (Lipinski definition) is 1. The molecule has 3 nitrogen and oxygen atoms in total. The molecule has 21 heavy (non-hydrogen) atoms. The number of carbonyl (C=O) groups is 1. The summed E-state index contributed by atoms with van der Waals surface area (Å²) in [7, 11) is 0. The molecule has 0 saturated heterocycles. The fraction of sp³-hybridized carbons (Fsp3) is 0.267. The number of fused-ring (bicyclic) bond motifs is 1. The van der Waals surface area contributed by atoms with Crippen molar-refractivity contribution in [1.82, 2.24) is 4.90 Å². The van der Waals surface area contributed by atoms with Gasteiger partial charge in [-0.15, -0.1) is 23.7 Å². The van der Waals surface area contributed by atoms with Crippen LogP contribution in [0.1, 0.15) is 27.5 Å². The van der Waals surface area contributed by atoms with E-state index in [1.54, 1.807) is 16.2 Å². The maximum atomic E-state index is 11.9. The minimum Gasteiger partial charge on any atom is -0.480 e. The van der Waals surface area contributed by atoms with Crippen LogP contribution in [-0.4, -0.2) is 22.5 Å². The van der Waals surface area contributed by atoms with Crippen LogP contribution in [0.2, 0.25) is 5.02 Å². The molecular weight excluding hydrogens is 329 g/mol. The summed E-state index contributed by atoms with van der Waals surface area (Å²) in [6.45, 7) is 0.901. The first-order valence-corrected chi connectivity index (χ1v) is 7.36. The van der Waals surface area contributed by atoms with Gasteiger partial charge in [0.2, 0.25) is 0 Å². The Morgan fingerprint density at radius 3 is 3.00 bits per heavy atom. The van der Waals surface area contributed by atoms with Crippen LogP contribution in [0.5, 0.6) is 0 Å². The number of carboxylic acids is 1. The maximum absolute atomic E-state index is 11.9. The van der Waals surface area contributed by atoms with Gasteiger partial charge in [0, 0.05) is 23.0 Å². The van der Waals surface area contributed by atoms with Crippen LogP contribution >= 0.6 is 35.3 Å². The first kappa shape index (κ1) is 11.5. The highest BCUT2D eigenvalue weighted by molar-refractivity contribution is 7.10. The highest BCUT2D eigenvalue weighted by atomic mass is 35.5. The fourth-order valence-electron chi connectivity index (χ4n) is 2.45. The highest BCUT2D eigenvalue weighted by Crippen LogP contribution is 2.33. The molecule has 1 atom stereocenters. The summed E-state index contributed by atoms with van der Waals surface area (Å²) in [4.78, 5) is 14.8. The van der Waals surface area contributed by atoms with Crippen LogP contribution < -0.4 is 0 Å². The average molecular weight is 348 g/mol. The molecule has 0 bridgehead atoms. The Bertz CT molecular complexity index is 801. The summed E-state index contributed by atoms with van der Waals surface area (Å²) < 4.78 is 31.3. The molecule has 1 aliphatic heterocycles. The number of thiophene rings is 1. The van der Waals surface area contributed by atoms with Crippen molar-refractivity contribution in [2.45, 2.75) is 19.0 Å². The smallest absolute Gasteiger partial charge is 0.325 e. The molecule has 0 aliphatic carbocycles. The lowest BCUT2D eigenvalue weighted by molar-refractivity contribution is -0.144. The van der Waals surface area contributed by atoms with Gasteiger partial charge < -0.3 is 5.11 Å². The van der Waals surface area contributed by atoms with Gasteiger partial charge in [-0.2, -0.15) is 0 Å². The number of hydrogen-bond acceptors (Lipinski definition) is 3. The highest BCUT2D eigenvalue weighted by Gasteiger charge is 2.31. The molecule has 0 radical (unpaired) electrons. The Balaban J connectivity index is 0.00000225. The number of halogens is 2. The zero-order chi connectivity index (χ0) is 17.6. The van der Waals surface area contributed by atoms with Crippen molar-refractivity contribution in [3.8, 4) is 0 Å². The summed E-state index contributed by atoms with van der Waals surface area (Å²) in [5.74, 6) is -1.18. The van der Waals surface area contributed by atoms with E-state index in [0.29, 0.717) is 19.5 Å². The Morgan fingerprint density at radius 1 is 1.48 bits per heavy atom. The molecule has 1 aliphatic rings. The van der Waals surface area contributed by atoms with Crippen molar-refractivity contribution in [3.63, 3.8) is 0 Å². The molecule has 0 saturated carbocycles. The topological polar surface area (TPSA) is 40.5 Å². The Hall–Kier alpha value is -1.07. The molecule has 112 valence electrons. The van der Waals surface area contributed by atoms with E-state index in [9.17, 15) is 9.90 Å². The number of nitrogens with zero attached hydrogens (tertiary/aromatic N) is 1. The number of aliphatic carboxylic acids is 1. The van der Waals surface area contributed by atoms with Gasteiger partial charge in [0.25, 0.3) is 0 Å². The summed E-state index contributed by atoms with van der Waals surface area (Å²) in [6, 6.07) is -1.01. The van der Waals surface area contributed by atoms with Gasteiger partial charge in [0.1, 0.15) is 6.04 Å². The van der Waals surface area contributed by atoms with Crippen molar-refractivity contribution in [2.24, 2.45) is 0 Å². The van der Waals surface area contributed by atoms with Crippen molar-refractivity contribution >= 4 is 41.3 Å². The maximum Gasteiger partial charge on any atom is 0.325 e. The van der Waals surface area contributed by atoms with Gasteiger partial charge in [-0.05, 0) is 35.0 Å². The molecule has 2 aromatic rings. The lowest BCUT2D eigenvalue weighted by Crippen LogP contribution is -2.37. The van der Waals surface area contributed by atoms with E-state index < -0.39 is 36.2 Å². The fourth-order valence-corrected chi connectivity index (χ4v) is 3.54. The molecule has 3 rings (SSSR count). The second kappa shape index (κ2) is 6.79. The van der Waals surface area contributed by atoms with Crippen LogP contribution in [0.25, 0.3) is 0 Å². The Kier molecular flexibility index (Phi) is 3.72. The molecule has 6 heteroatoms. The van der Waals surface area contributed by atoms with E-state index in [-0.39, 0.29) is 23.0 Å². The third kappa shape index (κ3) is 3.24. The molecule has 1 aromatic carbocycles. The van der Waals surface area contributed by atoms with Crippen molar-refractivity contribution in [3.05, 3.63) is 56.6 Å². The minimum atomic E-state index is -1.22. The van der Waals surface area contributed by atoms with Gasteiger partial charge in [0.15, 0.2) is 0 Å². The quantitative estimate of drug-likeness (QED) is 0.911. The zero-order valence-electron chi connectivity index (χ0n) is 14.9. The van der Waals surface area contributed by atoms with Gasteiger partial charge >= 0.3 is 5.97 Å². The van der Waals surface area contributed by atoms with Crippen molar-refractivity contribution in [2.75, 3.05) is 6.54 Å². The second-order valence-corrected chi connectivity index (χ2v) is 5.94. The van der Waals surface area contributed by atoms with Gasteiger partial charge in [-0.1, -0.05) is 29.7 Å². The standard InChI is InChI=1S/C15H14ClNO2S.ClH/c16-12-4-2-1-3-11(12)14(15(18)19)17-7-5-13-10(9-17)6-8-20-13;/h1-4,6,8,14H,5,7,9H2,(H,18,19);1H/i1D,2D,3D,4D;. The summed E-state index contributed by atoms with van der Waals surface area (Å²) in [5.41, 5.74) is 0.975. The van der Waals surface area contributed by atoms with Crippen LogP contribution in [-0.2, 0) is 17.8 Å². The minimum absolute atomic E-state index is 0. The summed E-state index contributed by atoms with van der Waals surface area (Å²) in [6.07, 6.45) is 0.708. The SMILES string of the molecule is Cl.[2H]c1c([2H])c([2H])c(C(C(=O)O)N2CCc3sccc3C2)c(Cl)c1[2H]. The third-order valence-corrected chi connectivity index (χ3v) is 4.70. The van der Waals surface area contributed by atoms with Crippen LogP contribution in [0, 0.1) is 0 Å². The normalized spacial score (nSPS) is 18.5. The summed E-state index contributed by atoms with van der Waals surface area (Å²) >= 11 is 7.75. The van der Waals surface area contributed by atoms with Gasteiger partial charge in [-0.25, -0.2) is 0 Å². The van der Waals surface area contributed by atoms with E-state index in [1.165, 1.54) is 4.88 Å². The van der Waals surface area contributed by atoms with Crippen LogP contribution in [0.15, 0.2) is 35.6 Å². The predicted octanol–water partition coefficient (Wildman–Crippen LogP) is 4.01. The van der Waals surface area contributed by atoms with E-state index in [2.05, 4.69) is 0 Å². The van der Waals surface area contributed by atoms with E-state index in [0.717, 1.165) is 5.56 Å². The molecular formula is C15H15Cl2NO2S. The van der Waals surface area contributed by atoms with Gasteiger partial charge in [-0.3, -0.25) is 9.69 Å².